The third kappa shape index (κ3) is 1.76. The van der Waals surface area contributed by atoms with Crippen LogP contribution in [0.3, 0.4) is 0 Å². The van der Waals surface area contributed by atoms with E-state index in [0.717, 1.165) is 9.92 Å². The van der Waals surface area contributed by atoms with E-state index in [1.54, 1.807) is 6.20 Å². The highest BCUT2D eigenvalue weighted by atomic mass is 33.1. The summed E-state index contributed by atoms with van der Waals surface area (Å²) in [5, 5.41) is 7.48. The van der Waals surface area contributed by atoms with E-state index in [2.05, 4.69) is 33.5 Å². The number of hydrogen-bond donors (Lipinski definition) is 3. The van der Waals surface area contributed by atoms with Crippen LogP contribution < -0.4 is 0 Å². The molecule has 0 atom stereocenters. The van der Waals surface area contributed by atoms with E-state index in [1.165, 1.54) is 21.6 Å². The molecule has 0 saturated heterocycles. The van der Waals surface area contributed by atoms with Crippen LogP contribution in [0.2, 0.25) is 0 Å². The Balaban J connectivity index is 2.85. The number of H-pyrrole nitrogens is 1. The lowest BCUT2D eigenvalue weighted by Gasteiger charge is -1.87. The molecule has 0 aromatic carbocycles. The molecule has 1 heterocycles. The molecule has 1 aromatic heterocycles. The van der Waals surface area contributed by atoms with Crippen molar-refractivity contribution >= 4 is 44.9 Å². The number of rotatable bonds is 2. The summed E-state index contributed by atoms with van der Waals surface area (Å²) in [7, 11) is 2.67. The third-order valence-corrected chi connectivity index (χ3v) is 2.99. The Morgan fingerprint density at radius 2 is 2.22 bits per heavy atom. The Hall–Kier alpha value is 0.610. The minimum Gasteiger partial charge on any atom is -0.283 e. The molecule has 0 spiro atoms. The second kappa shape index (κ2) is 3.70. The van der Waals surface area contributed by atoms with Gasteiger partial charge in [0, 0.05) is 6.20 Å². The first-order valence-electron chi connectivity index (χ1n) is 2.05. The van der Waals surface area contributed by atoms with Crippen LogP contribution in [0.15, 0.2) is 16.1 Å². The summed E-state index contributed by atoms with van der Waals surface area (Å²) >= 11 is 8.00. The van der Waals surface area contributed by atoms with Crippen molar-refractivity contribution in [3.63, 3.8) is 0 Å². The fourth-order valence-electron chi connectivity index (χ4n) is 0.397. The third-order valence-electron chi connectivity index (χ3n) is 0.757. The molecule has 0 aliphatic heterocycles. The Kier molecular flexibility index (Phi) is 3.17. The van der Waals surface area contributed by atoms with Gasteiger partial charge in [0.1, 0.15) is 5.03 Å². The molecule has 0 aliphatic carbocycles. The minimum absolute atomic E-state index is 0.873. The molecule has 1 N–H and O–H groups in total. The predicted octanol–water partition coefficient (Wildman–Crippen LogP) is 2.28. The number of hydrogen-bond acceptors (Lipinski definition) is 5. The summed E-state index contributed by atoms with van der Waals surface area (Å²) in [5.41, 5.74) is 0. The minimum atomic E-state index is 0.873. The summed E-state index contributed by atoms with van der Waals surface area (Å²) in [6, 6.07) is 0. The van der Waals surface area contributed by atoms with Crippen molar-refractivity contribution in [1.29, 1.82) is 0 Å². The van der Waals surface area contributed by atoms with Crippen LogP contribution in [0.1, 0.15) is 0 Å². The molecule has 0 amide bonds. The van der Waals surface area contributed by atoms with Gasteiger partial charge < -0.3 is 0 Å². The molecule has 0 radical (unpaired) electrons. The molecule has 0 unspecified atom stereocenters. The molecule has 50 valence electrons. The normalized spacial score (nSPS) is 10.0. The number of aromatic nitrogens is 2. The number of aromatic amines is 1. The van der Waals surface area contributed by atoms with Crippen molar-refractivity contribution in [3.05, 3.63) is 6.20 Å². The molecule has 6 heteroatoms. The molecule has 0 aliphatic rings. The van der Waals surface area contributed by atoms with Crippen molar-refractivity contribution < 1.29 is 0 Å². The number of nitrogens with zero attached hydrogens (tertiary/aromatic N) is 1. The Bertz CT molecular complexity index is 167. The highest BCUT2D eigenvalue weighted by Gasteiger charge is 2.01. The van der Waals surface area contributed by atoms with Crippen molar-refractivity contribution in [2.45, 2.75) is 9.92 Å². The lowest BCUT2D eigenvalue weighted by molar-refractivity contribution is 0.995. The van der Waals surface area contributed by atoms with Crippen molar-refractivity contribution in [3.8, 4) is 0 Å². The number of nitrogens with one attached hydrogen (secondary N) is 1. The molecule has 0 saturated carbocycles. The van der Waals surface area contributed by atoms with Gasteiger partial charge in [-0.2, -0.15) is 5.10 Å². The molecule has 0 fully saturated rings. The van der Waals surface area contributed by atoms with Gasteiger partial charge in [0.25, 0.3) is 0 Å². The zero-order chi connectivity index (χ0) is 6.69. The lowest BCUT2D eigenvalue weighted by Crippen LogP contribution is -1.66. The second-order valence-corrected chi connectivity index (χ2v) is 3.52. The first-order chi connectivity index (χ1) is 4.38. The van der Waals surface area contributed by atoms with Crippen molar-refractivity contribution in [1.82, 2.24) is 10.2 Å². The summed E-state index contributed by atoms with van der Waals surface area (Å²) in [4.78, 5) is 1.01. The van der Waals surface area contributed by atoms with E-state index >= 15 is 0 Å². The largest absolute Gasteiger partial charge is 0.283 e. The number of thiol groups is 2. The van der Waals surface area contributed by atoms with Gasteiger partial charge in [-0.1, -0.05) is 10.8 Å². The first-order valence-corrected chi connectivity index (χ1v) is 5.79. The standard InChI is InChI=1S/C3H4N2S4/c6-8-2-1-4-5-3(2)9-7/h1,6-7H,(H,4,5). The van der Waals surface area contributed by atoms with Crippen LogP contribution in [0.5, 0.6) is 0 Å². The van der Waals surface area contributed by atoms with Gasteiger partial charge in [-0.05, 0) is 10.8 Å². The molecule has 2 nitrogen and oxygen atoms in total. The summed E-state index contributed by atoms with van der Waals surface area (Å²) in [6.45, 7) is 0. The van der Waals surface area contributed by atoms with E-state index in [0.29, 0.717) is 0 Å². The van der Waals surface area contributed by atoms with Crippen molar-refractivity contribution in [2.75, 3.05) is 0 Å². The zero-order valence-electron chi connectivity index (χ0n) is 4.24. The van der Waals surface area contributed by atoms with Crippen LogP contribution in [0, 0.1) is 0 Å². The van der Waals surface area contributed by atoms with Crippen LogP contribution in [-0.2, 0) is 0 Å². The maximum Gasteiger partial charge on any atom is 0.143 e. The Morgan fingerprint density at radius 1 is 1.44 bits per heavy atom. The molecule has 1 rings (SSSR count). The molecule has 9 heavy (non-hydrogen) atoms. The van der Waals surface area contributed by atoms with Gasteiger partial charge in [-0.15, -0.1) is 23.3 Å². The van der Waals surface area contributed by atoms with Crippen molar-refractivity contribution in [2.24, 2.45) is 0 Å². The first kappa shape index (κ1) is 7.71. The lowest BCUT2D eigenvalue weighted by atomic mass is 10.7. The van der Waals surface area contributed by atoms with Gasteiger partial charge in [0.05, 0.1) is 4.90 Å². The van der Waals surface area contributed by atoms with Crippen LogP contribution in [-0.4, -0.2) is 10.2 Å². The van der Waals surface area contributed by atoms with Gasteiger partial charge in [-0.3, -0.25) is 5.10 Å². The predicted molar refractivity (Wildman–Crippen MR) is 48.3 cm³/mol. The van der Waals surface area contributed by atoms with Gasteiger partial charge >= 0.3 is 0 Å². The zero-order valence-corrected chi connectivity index (χ0v) is 7.66. The van der Waals surface area contributed by atoms with Crippen LogP contribution >= 0.6 is 44.9 Å². The van der Waals surface area contributed by atoms with Gasteiger partial charge in [0.2, 0.25) is 0 Å². The molecular formula is C3H4N2S4. The Labute approximate surface area is 71.2 Å². The van der Waals surface area contributed by atoms with E-state index in [4.69, 9.17) is 0 Å². The monoisotopic (exact) mass is 196 g/mol. The summed E-state index contributed by atoms with van der Waals surface area (Å²) in [6.07, 6.45) is 1.79. The second-order valence-electron chi connectivity index (χ2n) is 1.24. The SMILES string of the molecule is SSc1c[nH]nc1SS. The quantitative estimate of drug-likeness (QED) is 0.501. The molecule has 1 aromatic rings. The Morgan fingerprint density at radius 3 is 2.67 bits per heavy atom. The van der Waals surface area contributed by atoms with Crippen LogP contribution in [0.25, 0.3) is 0 Å². The highest BCUT2D eigenvalue weighted by molar-refractivity contribution is 8.70. The van der Waals surface area contributed by atoms with E-state index in [-0.39, 0.29) is 0 Å². The summed E-state index contributed by atoms with van der Waals surface area (Å²) < 4.78 is 0. The smallest absolute Gasteiger partial charge is 0.143 e. The molecular weight excluding hydrogens is 192 g/mol. The average Bonchev–Trinajstić information content (AvgIpc) is 2.33. The van der Waals surface area contributed by atoms with E-state index in [9.17, 15) is 0 Å². The fourth-order valence-corrected chi connectivity index (χ4v) is 2.32. The van der Waals surface area contributed by atoms with E-state index in [1.807, 2.05) is 0 Å². The average molecular weight is 196 g/mol. The van der Waals surface area contributed by atoms with Gasteiger partial charge in [0.15, 0.2) is 0 Å². The van der Waals surface area contributed by atoms with Gasteiger partial charge in [-0.25, -0.2) is 0 Å². The fraction of sp³-hybridized carbons (Fsp3) is 0. The topological polar surface area (TPSA) is 28.7 Å². The summed E-state index contributed by atoms with van der Waals surface area (Å²) in [5.74, 6) is 0. The highest BCUT2D eigenvalue weighted by Crippen LogP contribution is 2.31. The van der Waals surface area contributed by atoms with Crippen LogP contribution in [0.4, 0.5) is 0 Å². The van der Waals surface area contributed by atoms with E-state index < -0.39 is 0 Å². The molecule has 0 bridgehead atoms. The maximum absolute atomic E-state index is 4.01. The maximum atomic E-state index is 4.01.